The van der Waals surface area contributed by atoms with Crippen LogP contribution in [0.15, 0.2) is 45.6 Å². The van der Waals surface area contributed by atoms with Crippen LogP contribution in [-0.4, -0.2) is 32.1 Å². The molecule has 0 saturated heterocycles. The Morgan fingerprint density at radius 1 is 1.00 bits per heavy atom. The minimum atomic E-state index is -0.548. The van der Waals surface area contributed by atoms with Crippen LogP contribution in [0.2, 0.25) is 0 Å². The second kappa shape index (κ2) is 6.16. The van der Waals surface area contributed by atoms with Crippen LogP contribution in [0.5, 0.6) is 11.5 Å². The van der Waals surface area contributed by atoms with E-state index in [1.165, 1.54) is 4.90 Å². The molecule has 3 aromatic rings. The first-order valence-corrected chi connectivity index (χ1v) is 8.52. The summed E-state index contributed by atoms with van der Waals surface area (Å²) in [6, 6.07) is 10.2. The molecule has 0 fully saturated rings. The smallest absolute Gasteiger partial charge is 0.290 e. The molecule has 0 saturated carbocycles. The van der Waals surface area contributed by atoms with Crippen LogP contribution in [0.1, 0.15) is 33.3 Å². The molecule has 2 heterocycles. The van der Waals surface area contributed by atoms with Gasteiger partial charge in [0.1, 0.15) is 5.58 Å². The number of hydrogen-bond donors (Lipinski definition) is 0. The summed E-state index contributed by atoms with van der Waals surface area (Å²) in [5.41, 5.74) is 2.29. The number of carbonyl (C=O) groups excluding carboxylic acids is 1. The number of amides is 1. The molecule has 1 amide bonds. The van der Waals surface area contributed by atoms with Gasteiger partial charge in [-0.2, -0.15) is 0 Å². The molecular formula is C21H19NO5. The van der Waals surface area contributed by atoms with Gasteiger partial charge in [0, 0.05) is 7.05 Å². The van der Waals surface area contributed by atoms with Crippen LogP contribution in [0.3, 0.4) is 0 Å². The van der Waals surface area contributed by atoms with Crippen LogP contribution in [0, 0.1) is 6.92 Å². The zero-order valence-corrected chi connectivity index (χ0v) is 15.5. The van der Waals surface area contributed by atoms with Crippen molar-refractivity contribution in [3.8, 4) is 11.5 Å². The van der Waals surface area contributed by atoms with E-state index in [4.69, 9.17) is 13.9 Å². The van der Waals surface area contributed by atoms with Crippen molar-refractivity contribution in [2.24, 2.45) is 0 Å². The summed E-state index contributed by atoms with van der Waals surface area (Å²) in [4.78, 5) is 27.5. The lowest BCUT2D eigenvalue weighted by Crippen LogP contribution is -2.25. The van der Waals surface area contributed by atoms with E-state index in [9.17, 15) is 9.59 Å². The van der Waals surface area contributed by atoms with Crippen molar-refractivity contribution in [1.82, 2.24) is 4.90 Å². The lowest BCUT2D eigenvalue weighted by Gasteiger charge is -2.21. The summed E-state index contributed by atoms with van der Waals surface area (Å²) in [7, 11) is 4.76. The van der Waals surface area contributed by atoms with Crippen LogP contribution in [-0.2, 0) is 0 Å². The van der Waals surface area contributed by atoms with E-state index in [0.29, 0.717) is 28.0 Å². The highest BCUT2D eigenvalue weighted by molar-refractivity contribution is 5.98. The molecule has 4 rings (SSSR count). The van der Waals surface area contributed by atoms with Gasteiger partial charge in [0.25, 0.3) is 5.91 Å². The van der Waals surface area contributed by atoms with Gasteiger partial charge in [-0.05, 0) is 36.8 Å². The summed E-state index contributed by atoms with van der Waals surface area (Å²) >= 11 is 0. The third-order valence-corrected chi connectivity index (χ3v) is 4.98. The standard InChI is InChI=1S/C21H19NO5/c1-11-5-7-14-13(9-11)19(23)17-18(22(2)21(24)20(17)27-14)12-6-8-15(25-3)16(10-12)26-4/h5-10,18H,1-4H3. The van der Waals surface area contributed by atoms with E-state index in [1.54, 1.807) is 45.5 Å². The molecule has 2 aromatic carbocycles. The maximum Gasteiger partial charge on any atom is 0.290 e. The van der Waals surface area contributed by atoms with Crippen LogP contribution >= 0.6 is 0 Å². The molecule has 1 unspecified atom stereocenters. The molecule has 0 N–H and O–H groups in total. The van der Waals surface area contributed by atoms with Gasteiger partial charge in [-0.1, -0.05) is 17.7 Å². The predicted octanol–water partition coefficient (Wildman–Crippen LogP) is 3.29. The molecular weight excluding hydrogens is 346 g/mol. The normalized spacial score (nSPS) is 15.9. The van der Waals surface area contributed by atoms with Gasteiger partial charge in [-0.3, -0.25) is 9.59 Å². The second-order valence-corrected chi connectivity index (χ2v) is 6.61. The molecule has 0 bridgehead atoms. The van der Waals surface area contributed by atoms with Crippen molar-refractivity contribution < 1.29 is 18.7 Å². The fraction of sp³-hybridized carbons (Fsp3) is 0.238. The number of carbonyl (C=O) groups is 1. The van der Waals surface area contributed by atoms with Crippen LogP contribution in [0.4, 0.5) is 0 Å². The third kappa shape index (κ3) is 2.48. The van der Waals surface area contributed by atoms with Crippen molar-refractivity contribution in [2.75, 3.05) is 21.3 Å². The molecule has 138 valence electrons. The number of fused-ring (bicyclic) bond motifs is 2. The van der Waals surface area contributed by atoms with Gasteiger partial charge in [-0.15, -0.1) is 0 Å². The number of hydrogen-bond acceptors (Lipinski definition) is 5. The monoisotopic (exact) mass is 365 g/mol. The first-order chi connectivity index (χ1) is 13.0. The number of ether oxygens (including phenoxy) is 2. The Labute approximate surface area is 155 Å². The summed E-state index contributed by atoms with van der Waals surface area (Å²) < 4.78 is 16.5. The minimum Gasteiger partial charge on any atom is -0.493 e. The Kier molecular flexibility index (Phi) is 3.91. The maximum absolute atomic E-state index is 13.2. The zero-order valence-electron chi connectivity index (χ0n) is 15.5. The SMILES string of the molecule is COc1ccc(C2c3c(oc4ccc(C)cc4c3=O)C(=O)N2C)cc1OC. The summed E-state index contributed by atoms with van der Waals surface area (Å²) in [6.07, 6.45) is 0. The Morgan fingerprint density at radius 2 is 1.74 bits per heavy atom. The Hall–Kier alpha value is -3.28. The van der Waals surface area contributed by atoms with Crippen molar-refractivity contribution >= 4 is 16.9 Å². The van der Waals surface area contributed by atoms with Gasteiger partial charge in [0.2, 0.25) is 5.76 Å². The predicted molar refractivity (Wildman–Crippen MR) is 101 cm³/mol. The van der Waals surface area contributed by atoms with Gasteiger partial charge in [0.15, 0.2) is 16.9 Å². The third-order valence-electron chi connectivity index (χ3n) is 4.98. The van der Waals surface area contributed by atoms with E-state index in [-0.39, 0.29) is 17.1 Å². The molecule has 27 heavy (non-hydrogen) atoms. The van der Waals surface area contributed by atoms with Crippen molar-refractivity contribution in [3.63, 3.8) is 0 Å². The molecule has 6 nitrogen and oxygen atoms in total. The van der Waals surface area contributed by atoms with E-state index < -0.39 is 6.04 Å². The minimum absolute atomic E-state index is 0.0960. The van der Waals surface area contributed by atoms with Crippen molar-refractivity contribution in [1.29, 1.82) is 0 Å². The quantitative estimate of drug-likeness (QED) is 0.712. The van der Waals surface area contributed by atoms with Crippen LogP contribution in [0.25, 0.3) is 11.0 Å². The lowest BCUT2D eigenvalue weighted by molar-refractivity contribution is 0.0771. The van der Waals surface area contributed by atoms with E-state index in [2.05, 4.69) is 0 Å². The average Bonchev–Trinajstić information content (AvgIpc) is 2.93. The number of nitrogens with zero attached hydrogens (tertiary/aromatic N) is 1. The molecule has 1 atom stereocenters. The Bertz CT molecular complexity index is 1130. The number of benzene rings is 2. The summed E-state index contributed by atoms with van der Waals surface area (Å²) in [5, 5.41) is 0.474. The highest BCUT2D eigenvalue weighted by atomic mass is 16.5. The number of methoxy groups -OCH3 is 2. The summed E-state index contributed by atoms with van der Waals surface area (Å²) in [6.45, 7) is 1.91. The Balaban J connectivity index is 1.98. The van der Waals surface area contributed by atoms with Crippen molar-refractivity contribution in [2.45, 2.75) is 13.0 Å². The van der Waals surface area contributed by atoms with Gasteiger partial charge < -0.3 is 18.8 Å². The van der Waals surface area contributed by atoms with Crippen molar-refractivity contribution in [3.05, 3.63) is 69.1 Å². The molecule has 1 aromatic heterocycles. The fourth-order valence-corrected chi connectivity index (χ4v) is 3.61. The zero-order chi connectivity index (χ0) is 19.3. The largest absolute Gasteiger partial charge is 0.493 e. The lowest BCUT2D eigenvalue weighted by atomic mass is 9.98. The van der Waals surface area contributed by atoms with Gasteiger partial charge in [0.05, 0.1) is 31.2 Å². The molecule has 0 radical (unpaired) electrons. The first kappa shape index (κ1) is 17.1. The molecule has 0 spiro atoms. The highest BCUT2D eigenvalue weighted by Crippen LogP contribution is 2.39. The topological polar surface area (TPSA) is 69.0 Å². The Morgan fingerprint density at radius 3 is 2.44 bits per heavy atom. The van der Waals surface area contributed by atoms with Gasteiger partial charge in [-0.25, -0.2) is 0 Å². The summed E-state index contributed by atoms with van der Waals surface area (Å²) in [5.74, 6) is 0.892. The van der Waals surface area contributed by atoms with Crippen LogP contribution < -0.4 is 14.9 Å². The molecule has 1 aliphatic heterocycles. The first-order valence-electron chi connectivity index (χ1n) is 8.52. The molecule has 1 aliphatic rings. The van der Waals surface area contributed by atoms with E-state index in [1.807, 2.05) is 19.1 Å². The molecule has 0 aliphatic carbocycles. The molecule has 6 heteroatoms. The number of rotatable bonds is 3. The fourth-order valence-electron chi connectivity index (χ4n) is 3.61. The van der Waals surface area contributed by atoms with E-state index in [0.717, 1.165) is 11.1 Å². The maximum atomic E-state index is 13.2. The average molecular weight is 365 g/mol. The highest BCUT2D eigenvalue weighted by Gasteiger charge is 2.40. The van der Waals surface area contributed by atoms with Gasteiger partial charge >= 0.3 is 0 Å². The number of aryl methyl sites for hydroxylation is 1. The van der Waals surface area contributed by atoms with E-state index >= 15 is 0 Å². The second-order valence-electron chi connectivity index (χ2n) is 6.61.